The molecular weight excluding hydrogens is 452 g/mol. The van der Waals surface area contributed by atoms with Crippen LogP contribution in [0.4, 0.5) is 0 Å². The summed E-state index contributed by atoms with van der Waals surface area (Å²) >= 11 is 0. The van der Waals surface area contributed by atoms with E-state index in [1.807, 2.05) is 0 Å². The van der Waals surface area contributed by atoms with Gasteiger partial charge in [0.05, 0.1) is 5.56 Å². The van der Waals surface area contributed by atoms with Crippen molar-refractivity contribution < 1.29 is 54.4 Å². The van der Waals surface area contributed by atoms with Crippen LogP contribution in [0.5, 0.6) is 23.0 Å². The molecule has 2 aromatic carbocycles. The van der Waals surface area contributed by atoms with Crippen molar-refractivity contribution >= 4 is 12.0 Å². The van der Waals surface area contributed by atoms with Crippen LogP contribution in [0.1, 0.15) is 24.2 Å². The van der Waals surface area contributed by atoms with E-state index in [1.54, 1.807) is 12.1 Å². The van der Waals surface area contributed by atoms with E-state index in [2.05, 4.69) is 0 Å². The fourth-order valence-corrected chi connectivity index (χ4v) is 3.71. The Labute approximate surface area is 193 Å². The standard InChI is InChI=1S/C23H24O11/c1-10(24)31-9-18-19(28)20(29)21(30)23(34-18)33-17-8-14-15(27)6-13(26)7-16(14)32-22(17)11-2-4-12(25)5-3-11/h2-8,18-23,25-30H,9H2,1H3. The Kier molecular flexibility index (Phi) is 6.53. The number of carbonyl (C=O) groups is 1. The van der Waals surface area contributed by atoms with Gasteiger partial charge < -0.3 is 49.6 Å². The van der Waals surface area contributed by atoms with Crippen molar-refractivity contribution in [2.75, 3.05) is 6.61 Å². The SMILES string of the molecule is CC(=O)OCC1OC(OC2=Cc3c(O)cc(O)cc3OC2c2ccc(O)cc2)C(O)C(O)C1O. The second-order valence-electron chi connectivity index (χ2n) is 7.95. The highest BCUT2D eigenvalue weighted by molar-refractivity contribution is 5.69. The number of hydrogen-bond acceptors (Lipinski definition) is 11. The number of carbonyl (C=O) groups excluding carboxylic acids is 1. The number of hydrogen-bond donors (Lipinski definition) is 6. The van der Waals surface area contributed by atoms with Crippen LogP contribution in [0.15, 0.2) is 42.2 Å². The van der Waals surface area contributed by atoms with Gasteiger partial charge in [-0.15, -0.1) is 0 Å². The van der Waals surface area contributed by atoms with Crippen LogP contribution in [0.2, 0.25) is 0 Å². The summed E-state index contributed by atoms with van der Waals surface area (Å²) in [7, 11) is 0. The summed E-state index contributed by atoms with van der Waals surface area (Å²) in [5, 5.41) is 60.7. The van der Waals surface area contributed by atoms with E-state index < -0.39 is 42.8 Å². The number of aliphatic hydroxyl groups is 3. The Morgan fingerprint density at radius 1 is 0.971 bits per heavy atom. The lowest BCUT2D eigenvalue weighted by Crippen LogP contribution is -2.59. The van der Waals surface area contributed by atoms with E-state index in [-0.39, 0.29) is 40.9 Å². The zero-order valence-corrected chi connectivity index (χ0v) is 17.9. The Morgan fingerprint density at radius 2 is 1.68 bits per heavy atom. The maximum Gasteiger partial charge on any atom is 0.302 e. The summed E-state index contributed by atoms with van der Waals surface area (Å²) < 4.78 is 22.2. The molecule has 2 aromatic rings. The molecule has 1 fully saturated rings. The van der Waals surface area contributed by atoms with Gasteiger partial charge in [0.25, 0.3) is 0 Å². The van der Waals surface area contributed by atoms with Crippen LogP contribution >= 0.6 is 0 Å². The molecule has 0 aromatic heterocycles. The predicted octanol–water partition coefficient (Wildman–Crippen LogP) is 0.665. The second-order valence-corrected chi connectivity index (χ2v) is 7.95. The smallest absolute Gasteiger partial charge is 0.302 e. The molecule has 6 unspecified atom stereocenters. The highest BCUT2D eigenvalue weighted by atomic mass is 16.7. The molecule has 0 radical (unpaired) electrons. The maximum atomic E-state index is 11.1. The van der Waals surface area contributed by atoms with E-state index in [1.165, 1.54) is 31.2 Å². The van der Waals surface area contributed by atoms with Crippen molar-refractivity contribution in [2.24, 2.45) is 0 Å². The highest BCUT2D eigenvalue weighted by Crippen LogP contribution is 2.44. The lowest BCUT2D eigenvalue weighted by atomic mass is 9.98. The number of aliphatic hydroxyl groups excluding tert-OH is 3. The minimum Gasteiger partial charge on any atom is -0.508 e. The molecule has 0 bridgehead atoms. The number of rotatable bonds is 5. The molecule has 2 heterocycles. The topological polar surface area (TPSA) is 175 Å². The minimum atomic E-state index is -1.68. The van der Waals surface area contributed by atoms with Gasteiger partial charge in [0.15, 0.2) is 6.10 Å². The number of aromatic hydroxyl groups is 3. The van der Waals surface area contributed by atoms with Crippen molar-refractivity contribution in [3.8, 4) is 23.0 Å². The first-order valence-corrected chi connectivity index (χ1v) is 10.4. The summed E-state index contributed by atoms with van der Waals surface area (Å²) in [6, 6.07) is 8.38. The van der Waals surface area contributed by atoms with Gasteiger partial charge in [-0.25, -0.2) is 0 Å². The monoisotopic (exact) mass is 476 g/mol. The number of ether oxygens (including phenoxy) is 4. The summed E-state index contributed by atoms with van der Waals surface area (Å²) in [5.41, 5.74) is 0.699. The lowest BCUT2D eigenvalue weighted by Gasteiger charge is -2.41. The molecule has 6 atom stereocenters. The zero-order valence-electron chi connectivity index (χ0n) is 17.9. The van der Waals surface area contributed by atoms with Gasteiger partial charge in [0.1, 0.15) is 59.8 Å². The number of esters is 1. The second kappa shape index (κ2) is 9.39. The van der Waals surface area contributed by atoms with E-state index in [0.717, 1.165) is 6.07 Å². The quantitative estimate of drug-likeness (QED) is 0.334. The largest absolute Gasteiger partial charge is 0.508 e. The molecule has 1 saturated heterocycles. The third kappa shape index (κ3) is 4.73. The van der Waals surface area contributed by atoms with Gasteiger partial charge in [-0.1, -0.05) is 12.1 Å². The molecule has 11 heteroatoms. The molecule has 0 spiro atoms. The highest BCUT2D eigenvalue weighted by Gasteiger charge is 2.46. The van der Waals surface area contributed by atoms with E-state index in [0.29, 0.717) is 5.56 Å². The van der Waals surface area contributed by atoms with Crippen LogP contribution in [0, 0.1) is 0 Å². The molecule has 4 rings (SSSR count). The molecule has 0 saturated carbocycles. The van der Waals surface area contributed by atoms with Crippen LogP contribution < -0.4 is 4.74 Å². The first-order chi connectivity index (χ1) is 16.1. The molecule has 2 aliphatic heterocycles. The Morgan fingerprint density at radius 3 is 2.35 bits per heavy atom. The summed E-state index contributed by atoms with van der Waals surface area (Å²) in [6.45, 7) is 0.780. The van der Waals surface area contributed by atoms with Crippen LogP contribution in [-0.4, -0.2) is 73.9 Å². The summed E-state index contributed by atoms with van der Waals surface area (Å²) in [6.07, 6.45) is -7.14. The molecule has 6 N–H and O–H groups in total. The molecule has 11 nitrogen and oxygen atoms in total. The summed E-state index contributed by atoms with van der Waals surface area (Å²) in [4.78, 5) is 11.1. The summed E-state index contributed by atoms with van der Waals surface area (Å²) in [5.74, 6) is -0.934. The lowest BCUT2D eigenvalue weighted by molar-refractivity contribution is -0.294. The van der Waals surface area contributed by atoms with Crippen molar-refractivity contribution in [1.82, 2.24) is 0 Å². The average Bonchev–Trinajstić information content (AvgIpc) is 2.79. The molecule has 0 amide bonds. The van der Waals surface area contributed by atoms with Crippen LogP contribution in [0.25, 0.3) is 6.08 Å². The number of benzene rings is 2. The van der Waals surface area contributed by atoms with E-state index >= 15 is 0 Å². The van der Waals surface area contributed by atoms with Gasteiger partial charge in [-0.3, -0.25) is 4.79 Å². The Hall–Kier alpha value is -3.51. The minimum absolute atomic E-state index is 0.0122. The molecule has 2 aliphatic rings. The van der Waals surface area contributed by atoms with Gasteiger partial charge in [-0.2, -0.15) is 0 Å². The molecule has 182 valence electrons. The Balaban J connectivity index is 1.67. The molecule has 0 aliphatic carbocycles. The zero-order chi connectivity index (χ0) is 24.6. The van der Waals surface area contributed by atoms with E-state index in [9.17, 15) is 35.4 Å². The number of phenolic OH excluding ortho intramolecular Hbond substituents is 3. The van der Waals surface area contributed by atoms with Gasteiger partial charge in [0.2, 0.25) is 6.29 Å². The third-order valence-electron chi connectivity index (χ3n) is 5.46. The van der Waals surface area contributed by atoms with Crippen molar-refractivity contribution in [1.29, 1.82) is 0 Å². The normalized spacial score (nSPS) is 28.3. The maximum absolute atomic E-state index is 11.1. The predicted molar refractivity (Wildman–Crippen MR) is 114 cm³/mol. The Bertz CT molecular complexity index is 1080. The van der Waals surface area contributed by atoms with Gasteiger partial charge >= 0.3 is 5.97 Å². The van der Waals surface area contributed by atoms with Crippen molar-refractivity contribution in [3.63, 3.8) is 0 Å². The molecule has 34 heavy (non-hydrogen) atoms. The van der Waals surface area contributed by atoms with Crippen molar-refractivity contribution in [3.05, 3.63) is 53.3 Å². The first kappa shape index (κ1) is 23.6. The average molecular weight is 476 g/mol. The number of fused-ring (bicyclic) bond motifs is 1. The third-order valence-corrected chi connectivity index (χ3v) is 5.46. The molecular formula is C23H24O11. The van der Waals surface area contributed by atoms with E-state index in [4.69, 9.17) is 18.9 Å². The van der Waals surface area contributed by atoms with Crippen LogP contribution in [-0.2, 0) is 19.0 Å². The van der Waals surface area contributed by atoms with Gasteiger partial charge in [-0.05, 0) is 18.2 Å². The number of phenols is 3. The first-order valence-electron chi connectivity index (χ1n) is 10.4. The van der Waals surface area contributed by atoms with Crippen molar-refractivity contribution in [2.45, 2.75) is 43.7 Å². The van der Waals surface area contributed by atoms with Gasteiger partial charge in [0, 0.05) is 24.6 Å². The fraction of sp³-hybridized carbons (Fsp3) is 0.348. The van der Waals surface area contributed by atoms with Crippen LogP contribution in [0.3, 0.4) is 0 Å². The fourth-order valence-electron chi connectivity index (χ4n) is 3.71.